The topological polar surface area (TPSA) is 53.2 Å². The molecule has 4 nitrogen and oxygen atoms in total. The fraction of sp³-hybridized carbons (Fsp3) is 0.263. The molecule has 1 aliphatic rings. The van der Waals surface area contributed by atoms with E-state index in [0.717, 1.165) is 36.8 Å². The van der Waals surface area contributed by atoms with Gasteiger partial charge in [-0.2, -0.15) is 0 Å². The van der Waals surface area contributed by atoms with Crippen molar-refractivity contribution in [2.45, 2.75) is 22.6 Å². The molecule has 3 aromatic rings. The van der Waals surface area contributed by atoms with Crippen molar-refractivity contribution in [3.63, 3.8) is 0 Å². The molecule has 1 aromatic heterocycles. The van der Waals surface area contributed by atoms with E-state index in [1.807, 2.05) is 18.2 Å². The van der Waals surface area contributed by atoms with Crippen LogP contribution in [0.4, 0.5) is 0 Å². The second kappa shape index (κ2) is 5.76. The van der Waals surface area contributed by atoms with Gasteiger partial charge in [0.2, 0.25) is 9.84 Å². The zero-order valence-electron chi connectivity index (χ0n) is 13.6. The van der Waals surface area contributed by atoms with Gasteiger partial charge in [0, 0.05) is 36.1 Å². The van der Waals surface area contributed by atoms with Crippen molar-refractivity contribution in [2.75, 3.05) is 20.1 Å². The van der Waals surface area contributed by atoms with Crippen LogP contribution in [0.5, 0.6) is 0 Å². The van der Waals surface area contributed by atoms with Crippen molar-refractivity contribution in [3.8, 4) is 0 Å². The van der Waals surface area contributed by atoms with Crippen molar-refractivity contribution in [1.29, 1.82) is 0 Å². The van der Waals surface area contributed by atoms with Crippen LogP contribution in [0.1, 0.15) is 11.3 Å². The van der Waals surface area contributed by atoms with Crippen molar-refractivity contribution in [3.05, 3.63) is 59.8 Å². The molecule has 124 valence electrons. The highest BCUT2D eigenvalue weighted by Gasteiger charge is 2.21. The number of aromatic nitrogens is 1. The first-order chi connectivity index (χ1) is 11.6. The number of aromatic amines is 1. The van der Waals surface area contributed by atoms with Gasteiger partial charge in [0.05, 0.1) is 9.79 Å². The minimum absolute atomic E-state index is 0.339. The van der Waals surface area contributed by atoms with Crippen LogP contribution in [-0.2, 0) is 22.7 Å². The Morgan fingerprint density at radius 3 is 2.50 bits per heavy atom. The van der Waals surface area contributed by atoms with Crippen molar-refractivity contribution in [2.24, 2.45) is 0 Å². The quantitative estimate of drug-likeness (QED) is 0.780. The number of sulfone groups is 1. The van der Waals surface area contributed by atoms with E-state index in [1.165, 1.54) is 11.3 Å². The lowest BCUT2D eigenvalue weighted by Crippen LogP contribution is -2.21. The Bertz CT molecular complexity index is 991. The van der Waals surface area contributed by atoms with Crippen molar-refractivity contribution >= 4 is 20.7 Å². The Morgan fingerprint density at radius 1 is 0.958 bits per heavy atom. The van der Waals surface area contributed by atoms with E-state index in [0.29, 0.717) is 9.79 Å². The summed E-state index contributed by atoms with van der Waals surface area (Å²) in [6.07, 6.45) is 1.92. The Kier molecular flexibility index (Phi) is 3.70. The summed E-state index contributed by atoms with van der Waals surface area (Å²) in [5.41, 5.74) is 3.53. The van der Waals surface area contributed by atoms with Crippen LogP contribution >= 0.6 is 0 Å². The molecule has 4 rings (SSSR count). The van der Waals surface area contributed by atoms with Crippen molar-refractivity contribution in [1.82, 2.24) is 9.88 Å². The first-order valence-electron chi connectivity index (χ1n) is 8.18. The van der Waals surface area contributed by atoms with Gasteiger partial charge >= 0.3 is 0 Å². The van der Waals surface area contributed by atoms with Crippen molar-refractivity contribution < 1.29 is 8.42 Å². The summed E-state index contributed by atoms with van der Waals surface area (Å²) in [6, 6.07) is 14.0. The molecule has 0 fully saturated rings. The maximum atomic E-state index is 12.9. The van der Waals surface area contributed by atoms with Gasteiger partial charge in [-0.1, -0.05) is 18.2 Å². The van der Waals surface area contributed by atoms with E-state index in [1.54, 1.807) is 30.3 Å². The summed E-state index contributed by atoms with van der Waals surface area (Å²) < 4.78 is 25.7. The molecule has 0 spiro atoms. The predicted molar refractivity (Wildman–Crippen MR) is 95.1 cm³/mol. The molecule has 0 bridgehead atoms. The molecule has 0 saturated carbocycles. The number of rotatable bonds is 2. The molecule has 1 N–H and O–H groups in total. The number of nitrogens with one attached hydrogen (secondary N) is 1. The van der Waals surface area contributed by atoms with Gasteiger partial charge in [-0.25, -0.2) is 8.42 Å². The number of fused-ring (bicyclic) bond motifs is 3. The number of hydrogen-bond acceptors (Lipinski definition) is 3. The SMILES string of the molecule is CN1CCc2[nH]c3ccc(S(=O)(=O)c4ccccc4)cc3c2CC1. The maximum Gasteiger partial charge on any atom is 0.206 e. The summed E-state index contributed by atoms with van der Waals surface area (Å²) in [5.74, 6) is 0. The largest absolute Gasteiger partial charge is 0.358 e. The first-order valence-corrected chi connectivity index (χ1v) is 9.66. The highest BCUT2D eigenvalue weighted by atomic mass is 32.2. The average molecular weight is 340 g/mol. The molecule has 2 aromatic carbocycles. The first kappa shape index (κ1) is 15.4. The van der Waals surface area contributed by atoms with Crippen LogP contribution in [-0.4, -0.2) is 38.4 Å². The highest BCUT2D eigenvalue weighted by molar-refractivity contribution is 7.91. The molecule has 0 aliphatic carbocycles. The van der Waals surface area contributed by atoms with Crippen LogP contribution in [0.3, 0.4) is 0 Å². The minimum atomic E-state index is -3.48. The van der Waals surface area contributed by atoms with E-state index in [2.05, 4.69) is 16.9 Å². The van der Waals surface area contributed by atoms with Gasteiger partial charge in [-0.15, -0.1) is 0 Å². The maximum absolute atomic E-state index is 12.9. The Balaban J connectivity index is 1.84. The molecule has 24 heavy (non-hydrogen) atoms. The van der Waals surface area contributed by atoms with E-state index < -0.39 is 9.84 Å². The second-order valence-electron chi connectivity index (χ2n) is 6.41. The zero-order valence-corrected chi connectivity index (χ0v) is 14.4. The number of likely N-dealkylation sites (N-methyl/N-ethyl adjacent to an activating group) is 1. The van der Waals surface area contributed by atoms with E-state index in [9.17, 15) is 8.42 Å². The minimum Gasteiger partial charge on any atom is -0.358 e. The summed E-state index contributed by atoms with van der Waals surface area (Å²) in [5, 5.41) is 1.04. The standard InChI is InChI=1S/C19H20N2O2S/c1-21-11-9-16-17-13-15(7-8-18(17)20-19(16)10-12-21)24(22,23)14-5-3-2-4-6-14/h2-8,13,20H,9-12H2,1H3. The van der Waals surface area contributed by atoms with Crippen LogP contribution in [0, 0.1) is 0 Å². The third-order valence-electron chi connectivity index (χ3n) is 4.82. The molecular weight excluding hydrogens is 320 g/mol. The van der Waals surface area contributed by atoms with Gasteiger partial charge in [0.15, 0.2) is 0 Å². The van der Waals surface area contributed by atoms with E-state index in [4.69, 9.17) is 0 Å². The number of benzene rings is 2. The molecule has 2 heterocycles. The molecule has 1 aliphatic heterocycles. The second-order valence-corrected chi connectivity index (χ2v) is 8.36. The number of H-pyrrole nitrogens is 1. The molecule has 0 atom stereocenters. The zero-order chi connectivity index (χ0) is 16.7. The molecule has 0 radical (unpaired) electrons. The lowest BCUT2D eigenvalue weighted by atomic mass is 10.1. The molecule has 0 unspecified atom stereocenters. The lowest BCUT2D eigenvalue weighted by Gasteiger charge is -2.11. The molecule has 5 heteroatoms. The molecule has 0 amide bonds. The van der Waals surface area contributed by atoms with Gasteiger partial charge in [-0.3, -0.25) is 0 Å². The summed E-state index contributed by atoms with van der Waals surface area (Å²) >= 11 is 0. The fourth-order valence-electron chi connectivity index (χ4n) is 3.40. The number of hydrogen-bond donors (Lipinski definition) is 1. The van der Waals surface area contributed by atoms with Crippen LogP contribution in [0.2, 0.25) is 0 Å². The van der Waals surface area contributed by atoms with Gasteiger partial charge < -0.3 is 9.88 Å². The van der Waals surface area contributed by atoms with Gasteiger partial charge in [0.1, 0.15) is 0 Å². The van der Waals surface area contributed by atoms with Crippen LogP contribution < -0.4 is 0 Å². The summed E-state index contributed by atoms with van der Waals surface area (Å²) in [7, 11) is -1.35. The number of nitrogens with zero attached hydrogens (tertiary/aromatic N) is 1. The summed E-state index contributed by atoms with van der Waals surface area (Å²) in [6.45, 7) is 2.02. The van der Waals surface area contributed by atoms with E-state index in [-0.39, 0.29) is 0 Å². The highest BCUT2D eigenvalue weighted by Crippen LogP contribution is 2.30. The molecule has 0 saturated heterocycles. The van der Waals surface area contributed by atoms with Crippen LogP contribution in [0.25, 0.3) is 10.9 Å². The Labute approximate surface area is 142 Å². The molecular formula is C19H20N2O2S. The Hall–Kier alpha value is -2.11. The normalized spacial score (nSPS) is 16.0. The average Bonchev–Trinajstić information content (AvgIpc) is 2.85. The third kappa shape index (κ3) is 2.54. The van der Waals surface area contributed by atoms with Crippen LogP contribution in [0.15, 0.2) is 58.3 Å². The van der Waals surface area contributed by atoms with Gasteiger partial charge in [-0.05, 0) is 49.4 Å². The summed E-state index contributed by atoms with van der Waals surface area (Å²) in [4.78, 5) is 6.48. The smallest absolute Gasteiger partial charge is 0.206 e. The van der Waals surface area contributed by atoms with E-state index >= 15 is 0 Å². The lowest BCUT2D eigenvalue weighted by molar-refractivity contribution is 0.352. The Morgan fingerprint density at radius 2 is 1.71 bits per heavy atom. The van der Waals surface area contributed by atoms with Gasteiger partial charge in [0.25, 0.3) is 0 Å². The fourth-order valence-corrected chi connectivity index (χ4v) is 4.71. The predicted octanol–water partition coefficient (Wildman–Crippen LogP) is 3.03. The third-order valence-corrected chi connectivity index (χ3v) is 6.58. The monoisotopic (exact) mass is 340 g/mol.